The molecule has 1 saturated carbocycles. The zero-order chi connectivity index (χ0) is 20.5. The van der Waals surface area contributed by atoms with Crippen LogP contribution in [0.3, 0.4) is 0 Å². The number of rotatable bonds is 9. The topological polar surface area (TPSA) is 90.9 Å². The minimum atomic E-state index is -0.353. The molecule has 0 unspecified atom stereocenters. The van der Waals surface area contributed by atoms with E-state index in [0.29, 0.717) is 13.0 Å². The predicted octanol–water partition coefficient (Wildman–Crippen LogP) is 1.58. The molecule has 3 atom stereocenters. The molecule has 3 rings (SSSR count). The number of amides is 2. The molecule has 2 amide bonds. The molecule has 7 heteroatoms. The molecule has 3 aliphatic rings. The highest BCUT2D eigenvalue weighted by Gasteiger charge is 2.33. The average Bonchev–Trinajstić information content (AvgIpc) is 3.29. The quantitative estimate of drug-likeness (QED) is 0.538. The van der Waals surface area contributed by atoms with Crippen LogP contribution in [0, 0.1) is 5.92 Å². The Labute approximate surface area is 174 Å². The van der Waals surface area contributed by atoms with Gasteiger partial charge >= 0.3 is 0 Å². The number of nitrogens with zero attached hydrogens (tertiary/aromatic N) is 1. The lowest BCUT2D eigenvalue weighted by Gasteiger charge is -2.36. The SMILES string of the molecule is O=C(CCN1CCCCC1)NCC[C@@H]1CC[C@@H](NC(=O)C2CCCC2)[C@H](CO)O1. The monoisotopic (exact) mass is 409 g/mol. The van der Waals surface area contributed by atoms with Gasteiger partial charge in [0.05, 0.1) is 18.8 Å². The molecule has 166 valence electrons. The van der Waals surface area contributed by atoms with Gasteiger partial charge in [-0.15, -0.1) is 0 Å². The maximum Gasteiger partial charge on any atom is 0.223 e. The first-order valence-corrected chi connectivity index (χ1v) is 11.7. The summed E-state index contributed by atoms with van der Waals surface area (Å²) in [6, 6.07) is -0.108. The Kier molecular flexibility index (Phi) is 9.21. The second kappa shape index (κ2) is 11.9. The highest BCUT2D eigenvalue weighted by atomic mass is 16.5. The smallest absolute Gasteiger partial charge is 0.223 e. The van der Waals surface area contributed by atoms with Crippen molar-refractivity contribution in [2.45, 2.75) is 88.9 Å². The predicted molar refractivity (Wildman–Crippen MR) is 111 cm³/mol. The van der Waals surface area contributed by atoms with Gasteiger partial charge in [0.25, 0.3) is 0 Å². The number of hydrogen-bond donors (Lipinski definition) is 3. The van der Waals surface area contributed by atoms with E-state index in [1.165, 1.54) is 19.3 Å². The third-order valence-corrected chi connectivity index (χ3v) is 6.74. The van der Waals surface area contributed by atoms with Crippen molar-refractivity contribution in [2.75, 3.05) is 32.8 Å². The van der Waals surface area contributed by atoms with Gasteiger partial charge < -0.3 is 25.4 Å². The van der Waals surface area contributed by atoms with Crippen molar-refractivity contribution in [2.24, 2.45) is 5.92 Å². The normalized spacial score (nSPS) is 28.9. The van der Waals surface area contributed by atoms with Gasteiger partial charge in [0, 0.05) is 25.4 Å². The molecule has 1 aliphatic carbocycles. The summed E-state index contributed by atoms with van der Waals surface area (Å²) in [5.74, 6) is 0.355. The van der Waals surface area contributed by atoms with Crippen LogP contribution in [0.2, 0.25) is 0 Å². The van der Waals surface area contributed by atoms with Crippen LogP contribution in [0.15, 0.2) is 0 Å². The van der Waals surface area contributed by atoms with E-state index in [-0.39, 0.29) is 42.6 Å². The van der Waals surface area contributed by atoms with Crippen molar-refractivity contribution in [3.63, 3.8) is 0 Å². The van der Waals surface area contributed by atoms with Crippen molar-refractivity contribution >= 4 is 11.8 Å². The van der Waals surface area contributed by atoms with Gasteiger partial charge in [0.1, 0.15) is 6.10 Å². The highest BCUT2D eigenvalue weighted by molar-refractivity contribution is 5.79. The van der Waals surface area contributed by atoms with E-state index in [1.54, 1.807) is 0 Å². The lowest BCUT2D eigenvalue weighted by atomic mass is 9.96. The molecular weight excluding hydrogens is 370 g/mol. The Hall–Kier alpha value is -1.18. The molecule has 0 spiro atoms. The van der Waals surface area contributed by atoms with Gasteiger partial charge in [-0.05, 0) is 58.0 Å². The molecule has 0 aromatic heterocycles. The highest BCUT2D eigenvalue weighted by Crippen LogP contribution is 2.26. The molecule has 2 heterocycles. The molecule has 0 radical (unpaired) electrons. The first-order chi connectivity index (χ1) is 14.2. The fourth-order valence-electron chi connectivity index (χ4n) is 4.90. The molecule has 2 saturated heterocycles. The van der Waals surface area contributed by atoms with Gasteiger partial charge in [0.15, 0.2) is 0 Å². The number of carbonyl (C=O) groups is 2. The number of carbonyl (C=O) groups excluding carboxylic acids is 2. The van der Waals surface area contributed by atoms with Crippen LogP contribution in [0.25, 0.3) is 0 Å². The molecule has 3 fully saturated rings. The zero-order valence-electron chi connectivity index (χ0n) is 17.7. The minimum Gasteiger partial charge on any atom is -0.394 e. The van der Waals surface area contributed by atoms with E-state index in [9.17, 15) is 14.7 Å². The lowest BCUT2D eigenvalue weighted by molar-refractivity contribution is -0.132. The first kappa shape index (κ1) is 22.5. The summed E-state index contributed by atoms with van der Waals surface area (Å²) in [6.45, 7) is 3.59. The Morgan fingerprint density at radius 3 is 2.48 bits per heavy atom. The van der Waals surface area contributed by atoms with Crippen LogP contribution in [-0.4, -0.2) is 72.9 Å². The molecule has 29 heavy (non-hydrogen) atoms. The lowest BCUT2D eigenvalue weighted by Crippen LogP contribution is -2.52. The van der Waals surface area contributed by atoms with Crippen LogP contribution < -0.4 is 10.6 Å². The Morgan fingerprint density at radius 2 is 1.76 bits per heavy atom. The van der Waals surface area contributed by atoms with Crippen LogP contribution in [0.5, 0.6) is 0 Å². The molecular formula is C22H39N3O4. The Bertz CT molecular complexity index is 518. The second-order valence-corrected chi connectivity index (χ2v) is 8.94. The first-order valence-electron chi connectivity index (χ1n) is 11.7. The van der Waals surface area contributed by atoms with Crippen molar-refractivity contribution in [1.29, 1.82) is 0 Å². The summed E-state index contributed by atoms with van der Waals surface area (Å²) in [5.41, 5.74) is 0. The van der Waals surface area contributed by atoms with Crippen molar-refractivity contribution in [3.05, 3.63) is 0 Å². The Balaban J connectivity index is 1.30. The van der Waals surface area contributed by atoms with Gasteiger partial charge in [-0.1, -0.05) is 19.3 Å². The fourth-order valence-corrected chi connectivity index (χ4v) is 4.90. The summed E-state index contributed by atoms with van der Waals surface area (Å²) in [5, 5.41) is 15.8. The number of ether oxygens (including phenoxy) is 1. The van der Waals surface area contributed by atoms with Crippen molar-refractivity contribution in [3.8, 4) is 0 Å². The van der Waals surface area contributed by atoms with Crippen molar-refractivity contribution < 1.29 is 19.4 Å². The van der Waals surface area contributed by atoms with E-state index >= 15 is 0 Å². The largest absolute Gasteiger partial charge is 0.394 e. The number of aliphatic hydroxyl groups excluding tert-OH is 1. The van der Waals surface area contributed by atoms with Crippen LogP contribution >= 0.6 is 0 Å². The van der Waals surface area contributed by atoms with Crippen LogP contribution in [0.4, 0.5) is 0 Å². The van der Waals surface area contributed by atoms with Crippen molar-refractivity contribution in [1.82, 2.24) is 15.5 Å². The number of nitrogens with one attached hydrogen (secondary N) is 2. The average molecular weight is 410 g/mol. The maximum atomic E-state index is 12.4. The summed E-state index contributed by atoms with van der Waals surface area (Å²) < 4.78 is 6.02. The summed E-state index contributed by atoms with van der Waals surface area (Å²) >= 11 is 0. The zero-order valence-corrected chi connectivity index (χ0v) is 17.7. The minimum absolute atomic E-state index is 0.0224. The van der Waals surface area contributed by atoms with Gasteiger partial charge in [-0.3, -0.25) is 9.59 Å². The third kappa shape index (κ3) is 7.23. The summed E-state index contributed by atoms with van der Waals surface area (Å²) in [4.78, 5) is 26.8. The second-order valence-electron chi connectivity index (χ2n) is 8.94. The number of likely N-dealkylation sites (tertiary alicyclic amines) is 1. The van der Waals surface area contributed by atoms with Gasteiger partial charge in [0.2, 0.25) is 11.8 Å². The number of piperidine rings is 1. The van der Waals surface area contributed by atoms with Gasteiger partial charge in [-0.25, -0.2) is 0 Å². The maximum absolute atomic E-state index is 12.4. The van der Waals surface area contributed by atoms with E-state index in [0.717, 1.165) is 64.6 Å². The fraction of sp³-hybridized carbons (Fsp3) is 0.909. The number of hydrogen-bond acceptors (Lipinski definition) is 5. The molecule has 2 aliphatic heterocycles. The van der Waals surface area contributed by atoms with E-state index in [2.05, 4.69) is 15.5 Å². The standard InChI is InChI=1S/C22H39N3O4/c26-16-20-19(24-22(28)17-6-2-3-7-17)9-8-18(29-20)10-12-23-21(27)11-15-25-13-4-1-5-14-25/h17-20,26H,1-16H2,(H,23,27)(H,24,28)/t18-,19+,20-/m0/s1. The van der Waals surface area contributed by atoms with Crippen LogP contribution in [-0.2, 0) is 14.3 Å². The Morgan fingerprint density at radius 1 is 1.00 bits per heavy atom. The molecule has 3 N–H and O–H groups in total. The van der Waals surface area contributed by atoms with E-state index in [1.807, 2.05) is 0 Å². The third-order valence-electron chi connectivity index (χ3n) is 6.74. The molecule has 7 nitrogen and oxygen atoms in total. The summed E-state index contributed by atoms with van der Waals surface area (Å²) in [7, 11) is 0. The molecule has 0 aromatic rings. The van der Waals surface area contributed by atoms with Crippen LogP contribution in [0.1, 0.15) is 70.6 Å². The molecule has 0 bridgehead atoms. The molecule has 0 aromatic carbocycles. The van der Waals surface area contributed by atoms with E-state index < -0.39 is 0 Å². The van der Waals surface area contributed by atoms with E-state index in [4.69, 9.17) is 4.74 Å². The van der Waals surface area contributed by atoms with Gasteiger partial charge in [-0.2, -0.15) is 0 Å². The number of aliphatic hydroxyl groups is 1. The summed E-state index contributed by atoms with van der Waals surface area (Å²) in [6.07, 6.45) is 10.6.